The minimum absolute atomic E-state index is 0.00769. The van der Waals surface area contributed by atoms with Gasteiger partial charge in [-0.1, -0.05) is 84.0 Å². The molecular weight excluding hydrogens is 917 g/mol. The highest BCUT2D eigenvalue weighted by Crippen LogP contribution is 2.14. The molecule has 0 saturated carbocycles. The van der Waals surface area contributed by atoms with Gasteiger partial charge in [-0.15, -0.1) is 0 Å². The minimum atomic E-state index is -1.78. The number of carbonyl (C=O) groups is 10. The molecule has 14 N–H and O–H groups in total. The van der Waals surface area contributed by atoms with E-state index in [2.05, 4.69) is 37.2 Å². The number of amides is 7. The molecule has 0 saturated heterocycles. The number of rotatable bonds is 30. The zero-order valence-electron chi connectivity index (χ0n) is 40.1. The fraction of sp³-hybridized carbons (Fsp3) is 0.532. The van der Waals surface area contributed by atoms with Crippen LogP contribution >= 0.6 is 0 Å². The summed E-state index contributed by atoms with van der Waals surface area (Å²) in [7, 11) is 0. The van der Waals surface area contributed by atoms with Gasteiger partial charge in [0, 0.05) is 19.3 Å². The van der Waals surface area contributed by atoms with Crippen molar-refractivity contribution in [3.05, 3.63) is 65.7 Å². The first-order chi connectivity index (χ1) is 32.8. The van der Waals surface area contributed by atoms with E-state index in [0.29, 0.717) is 11.1 Å². The quantitative estimate of drug-likeness (QED) is 0.0449. The van der Waals surface area contributed by atoms with E-state index in [1.54, 1.807) is 58.0 Å². The average Bonchev–Trinajstić information content (AvgIpc) is 3.27. The van der Waals surface area contributed by atoms with Crippen LogP contribution in [0.5, 0.6) is 5.75 Å². The highest BCUT2D eigenvalue weighted by molar-refractivity contribution is 5.98. The van der Waals surface area contributed by atoms with E-state index in [9.17, 15) is 68.4 Å². The van der Waals surface area contributed by atoms with Crippen LogP contribution in [-0.4, -0.2) is 140 Å². The van der Waals surface area contributed by atoms with Crippen molar-refractivity contribution in [3.63, 3.8) is 0 Å². The first-order valence-corrected chi connectivity index (χ1v) is 22.8. The van der Waals surface area contributed by atoms with Crippen molar-refractivity contribution in [2.45, 2.75) is 135 Å². The van der Waals surface area contributed by atoms with Crippen molar-refractivity contribution >= 4 is 59.3 Å². The molecule has 70 heavy (non-hydrogen) atoms. The number of phenolic OH excluding ortho intramolecular Hbond substituents is 1. The number of aliphatic hydroxyl groups excluding tert-OH is 1. The van der Waals surface area contributed by atoms with Crippen LogP contribution < -0.4 is 43.0 Å². The van der Waals surface area contributed by atoms with E-state index < -0.39 is 139 Å². The molecule has 0 spiro atoms. The summed E-state index contributed by atoms with van der Waals surface area (Å²) in [6.07, 6.45) is -2.15. The third-order valence-electron chi connectivity index (χ3n) is 10.7. The molecule has 2 aromatic carbocycles. The van der Waals surface area contributed by atoms with E-state index in [4.69, 9.17) is 10.8 Å². The predicted octanol–water partition coefficient (Wildman–Crippen LogP) is -0.937. The first kappa shape index (κ1) is 59.0. The molecule has 0 aliphatic heterocycles. The number of aromatic hydroxyl groups is 1. The summed E-state index contributed by atoms with van der Waals surface area (Å²) < 4.78 is 0. The van der Waals surface area contributed by atoms with Crippen LogP contribution in [0.3, 0.4) is 0 Å². The van der Waals surface area contributed by atoms with Crippen LogP contribution in [-0.2, 0) is 60.8 Å². The molecule has 2 rings (SSSR count). The molecule has 23 nitrogen and oxygen atoms in total. The van der Waals surface area contributed by atoms with Crippen molar-refractivity contribution in [1.29, 1.82) is 0 Å². The maximum absolute atomic E-state index is 14.3. The highest BCUT2D eigenvalue weighted by atomic mass is 16.4. The number of carboxylic acid groups (broad SMARTS) is 3. The smallest absolute Gasteiger partial charge is 0.326 e. The zero-order valence-corrected chi connectivity index (χ0v) is 40.1. The van der Waals surface area contributed by atoms with Crippen LogP contribution in [0.2, 0.25) is 0 Å². The number of benzene rings is 2. The monoisotopic (exact) mass is 984 g/mol. The van der Waals surface area contributed by atoms with Gasteiger partial charge in [0.2, 0.25) is 41.4 Å². The second-order valence-electron chi connectivity index (χ2n) is 18.1. The first-order valence-electron chi connectivity index (χ1n) is 22.8. The minimum Gasteiger partial charge on any atom is -0.508 e. The largest absolute Gasteiger partial charge is 0.508 e. The topological polar surface area (TPSA) is 382 Å². The Morgan fingerprint density at radius 1 is 0.500 bits per heavy atom. The summed E-state index contributed by atoms with van der Waals surface area (Å²) in [5.41, 5.74) is 6.94. The molecular formula is C47H68N8O15. The zero-order chi connectivity index (χ0) is 52.8. The van der Waals surface area contributed by atoms with Gasteiger partial charge in [0.05, 0.1) is 19.1 Å². The number of nitrogens with one attached hydrogen (secondary N) is 7. The number of phenols is 1. The number of hydrogen-bond donors (Lipinski definition) is 13. The van der Waals surface area contributed by atoms with Crippen LogP contribution in [0.4, 0.5) is 0 Å². The second kappa shape index (κ2) is 29.0. The fourth-order valence-corrected chi connectivity index (χ4v) is 6.98. The molecule has 8 atom stereocenters. The molecule has 2 aromatic rings. The number of carbonyl (C=O) groups excluding carboxylic acids is 7. The SMILES string of the molecule is CC(C)CC(N)C(=O)NC(CC(=O)O)C(=O)NC(C(=O)NC(Cc1ccccc1)C(=O)NC(CC(C)C)C(=O)NC(Cc1ccc(O)cc1)C(=O)NC(CO)C(=O)NC(CCC(=O)O)C(=O)O)C(C)C. The van der Waals surface area contributed by atoms with Gasteiger partial charge in [-0.3, -0.25) is 43.2 Å². The molecule has 0 fully saturated rings. The number of aliphatic carboxylic acids is 3. The number of aliphatic hydroxyl groups is 1. The Labute approximate surface area is 405 Å². The molecule has 0 aliphatic rings. The number of nitrogens with two attached hydrogens (primary N) is 1. The lowest BCUT2D eigenvalue weighted by Gasteiger charge is -2.29. The Hall–Kier alpha value is -7.14. The van der Waals surface area contributed by atoms with Gasteiger partial charge in [-0.2, -0.15) is 0 Å². The fourth-order valence-electron chi connectivity index (χ4n) is 6.98. The van der Waals surface area contributed by atoms with Crippen LogP contribution in [0.25, 0.3) is 0 Å². The maximum Gasteiger partial charge on any atom is 0.326 e. The summed E-state index contributed by atoms with van der Waals surface area (Å²) in [6.45, 7) is 9.26. The molecule has 386 valence electrons. The lowest BCUT2D eigenvalue weighted by molar-refractivity contribution is -0.144. The van der Waals surface area contributed by atoms with Crippen LogP contribution in [0, 0.1) is 17.8 Å². The van der Waals surface area contributed by atoms with E-state index in [1.165, 1.54) is 24.3 Å². The second-order valence-corrected chi connectivity index (χ2v) is 18.1. The molecule has 8 unspecified atom stereocenters. The van der Waals surface area contributed by atoms with Gasteiger partial charge in [0.25, 0.3) is 0 Å². The van der Waals surface area contributed by atoms with E-state index in [0.717, 1.165) is 0 Å². The van der Waals surface area contributed by atoms with Crippen LogP contribution in [0.15, 0.2) is 54.6 Å². The van der Waals surface area contributed by atoms with Crippen molar-refractivity contribution in [3.8, 4) is 5.75 Å². The number of hydrogen-bond acceptors (Lipinski definition) is 13. The third-order valence-corrected chi connectivity index (χ3v) is 10.7. The third kappa shape index (κ3) is 21.0. The summed E-state index contributed by atoms with van der Waals surface area (Å²) in [5.74, 6) is -12.0. The molecule has 0 aromatic heterocycles. The molecule has 7 amide bonds. The molecule has 23 heteroatoms. The van der Waals surface area contributed by atoms with Gasteiger partial charge < -0.3 is 68.5 Å². The van der Waals surface area contributed by atoms with Gasteiger partial charge in [0.15, 0.2) is 0 Å². The van der Waals surface area contributed by atoms with E-state index >= 15 is 0 Å². The molecule has 0 radical (unpaired) electrons. The summed E-state index contributed by atoms with van der Waals surface area (Å²) in [4.78, 5) is 131. The van der Waals surface area contributed by atoms with Crippen molar-refractivity contribution in [2.75, 3.05) is 6.61 Å². The predicted molar refractivity (Wildman–Crippen MR) is 251 cm³/mol. The van der Waals surface area contributed by atoms with E-state index in [1.807, 2.05) is 13.8 Å². The van der Waals surface area contributed by atoms with Crippen molar-refractivity contribution in [2.24, 2.45) is 23.5 Å². The van der Waals surface area contributed by atoms with Gasteiger partial charge in [-0.05, 0) is 60.3 Å². The normalized spacial score (nSPS) is 14.6. The van der Waals surface area contributed by atoms with Crippen molar-refractivity contribution < 1.29 is 73.5 Å². The molecule has 0 heterocycles. The van der Waals surface area contributed by atoms with Crippen molar-refractivity contribution in [1.82, 2.24) is 37.2 Å². The summed E-state index contributed by atoms with van der Waals surface area (Å²) in [6, 6.07) is 2.13. The number of carboxylic acids is 3. The summed E-state index contributed by atoms with van der Waals surface area (Å²) >= 11 is 0. The maximum atomic E-state index is 14.3. The van der Waals surface area contributed by atoms with E-state index in [-0.39, 0.29) is 43.3 Å². The highest BCUT2D eigenvalue weighted by Gasteiger charge is 2.36. The average molecular weight is 985 g/mol. The Morgan fingerprint density at radius 2 is 0.943 bits per heavy atom. The summed E-state index contributed by atoms with van der Waals surface area (Å²) in [5, 5.41) is 65.1. The molecule has 0 bridgehead atoms. The lowest BCUT2D eigenvalue weighted by atomic mass is 9.98. The van der Waals surface area contributed by atoms with Gasteiger partial charge in [0.1, 0.15) is 48.0 Å². The Kier molecular flexibility index (Phi) is 24.5. The Bertz CT molecular complexity index is 2120. The van der Waals surface area contributed by atoms with Gasteiger partial charge in [-0.25, -0.2) is 4.79 Å². The Morgan fingerprint density at radius 3 is 1.43 bits per heavy atom. The standard InChI is InChI=1S/C47H68N8O15/c1-24(2)18-30(48)40(62)50-35(22-38(60)61)44(66)55-39(26(5)6)46(68)53-34(20-27-10-8-7-9-11-27)42(64)51-32(19-25(3)4)41(63)52-33(21-28-12-14-29(57)15-13-28)43(65)54-36(23-56)45(67)49-31(47(69)70)16-17-37(58)59/h7-15,24-26,30-36,39,56-57H,16-23,48H2,1-6H3,(H,49,67)(H,50,62)(H,51,64)(H,52,63)(H,53,68)(H,54,65)(H,55,66)(H,58,59)(H,60,61)(H,69,70). The van der Waals surface area contributed by atoms with Crippen LogP contribution in [0.1, 0.15) is 84.8 Å². The van der Waals surface area contributed by atoms with Gasteiger partial charge >= 0.3 is 17.9 Å². The lowest BCUT2D eigenvalue weighted by Crippen LogP contribution is -2.61. The Balaban J connectivity index is 2.47. The molecule has 0 aliphatic carbocycles.